The summed E-state index contributed by atoms with van der Waals surface area (Å²) in [4.78, 5) is 62.4. The van der Waals surface area contributed by atoms with Gasteiger partial charge in [0.2, 0.25) is 5.91 Å². The number of rotatable bonds is 11. The molecule has 0 spiro atoms. The molecule has 1 fully saturated rings. The van der Waals surface area contributed by atoms with Crippen LogP contribution in [-0.2, 0) is 9.53 Å². The molecule has 15 heteroatoms. The summed E-state index contributed by atoms with van der Waals surface area (Å²) in [5.74, 6) is 0.156. The largest absolute Gasteiger partial charge is 0.497 e. The Morgan fingerprint density at radius 3 is 2.27 bits per heavy atom. The molecule has 4 amide bonds. The summed E-state index contributed by atoms with van der Waals surface area (Å²) in [6, 6.07) is 15.0. The molecular formula is C37H44FN7O7. The van der Waals surface area contributed by atoms with Crippen molar-refractivity contribution < 1.29 is 33.0 Å². The quantitative estimate of drug-likeness (QED) is 0.221. The summed E-state index contributed by atoms with van der Waals surface area (Å²) >= 11 is 0. The van der Waals surface area contributed by atoms with E-state index in [9.17, 15) is 23.6 Å². The van der Waals surface area contributed by atoms with Crippen molar-refractivity contribution in [2.24, 2.45) is 5.92 Å². The second-order valence-electron chi connectivity index (χ2n) is 12.5. The Kier molecular flexibility index (Phi) is 11.8. The SMILES string of the molecule is CCOC(=O)N[C@H](C(=O)N1CCN(n2c(C(C)N(C(=O)Nc3ccc(F)cc3)c3ccc(OC)cc3OC)nc3ccccc3c2=O)CC1)C(C)C. The predicted octanol–water partition coefficient (Wildman–Crippen LogP) is 4.90. The molecule has 0 radical (unpaired) electrons. The molecular weight excluding hydrogens is 673 g/mol. The fourth-order valence-electron chi connectivity index (χ4n) is 6.12. The van der Waals surface area contributed by atoms with Crippen LogP contribution in [0.1, 0.15) is 39.6 Å². The Hall–Kier alpha value is -5.86. The summed E-state index contributed by atoms with van der Waals surface area (Å²) < 4.78 is 31.3. The molecule has 276 valence electrons. The highest BCUT2D eigenvalue weighted by atomic mass is 19.1. The van der Waals surface area contributed by atoms with Gasteiger partial charge in [-0.2, -0.15) is 0 Å². The fourth-order valence-corrected chi connectivity index (χ4v) is 6.12. The van der Waals surface area contributed by atoms with Crippen molar-refractivity contribution in [2.45, 2.75) is 39.8 Å². The standard InChI is InChI=1S/C37H44FN7O7/c1-7-52-37(49)41-32(23(2)3)35(47)42-18-20-43(21-19-42)45-33(40-29-11-9-8-10-28(29)34(45)46)24(4)44(30-17-16-27(50-5)22-31(30)51-6)36(48)39-26-14-12-25(38)13-15-26/h8-17,22-24,32H,7,18-21H2,1-6H3,(H,39,48)(H,41,49)/t24?,32-/m0/s1. The zero-order valence-electron chi connectivity index (χ0n) is 30.1. The third-order valence-corrected chi connectivity index (χ3v) is 8.83. The lowest BCUT2D eigenvalue weighted by Gasteiger charge is -2.40. The summed E-state index contributed by atoms with van der Waals surface area (Å²) in [6.07, 6.45) is -0.665. The Labute approximate surface area is 301 Å². The number of urea groups is 1. The summed E-state index contributed by atoms with van der Waals surface area (Å²) in [7, 11) is 2.98. The van der Waals surface area contributed by atoms with Crippen LogP contribution in [0.5, 0.6) is 11.5 Å². The molecule has 2 atom stereocenters. The Morgan fingerprint density at radius 1 is 0.942 bits per heavy atom. The topological polar surface area (TPSA) is 148 Å². The number of nitrogens with one attached hydrogen (secondary N) is 2. The highest BCUT2D eigenvalue weighted by Gasteiger charge is 2.35. The van der Waals surface area contributed by atoms with E-state index in [0.717, 1.165) is 0 Å². The number of para-hydroxylation sites is 1. The molecule has 14 nitrogen and oxygen atoms in total. The number of alkyl carbamates (subject to hydrolysis) is 1. The second kappa shape index (κ2) is 16.4. The van der Waals surface area contributed by atoms with Gasteiger partial charge in [0.25, 0.3) is 5.56 Å². The van der Waals surface area contributed by atoms with Gasteiger partial charge in [-0.15, -0.1) is 0 Å². The molecule has 1 aliphatic rings. The van der Waals surface area contributed by atoms with E-state index in [2.05, 4.69) is 10.6 Å². The second-order valence-corrected chi connectivity index (χ2v) is 12.5. The molecule has 1 saturated heterocycles. The van der Waals surface area contributed by atoms with Gasteiger partial charge in [-0.05, 0) is 68.3 Å². The Bertz CT molecular complexity index is 1960. The van der Waals surface area contributed by atoms with Gasteiger partial charge in [0.1, 0.15) is 23.4 Å². The van der Waals surface area contributed by atoms with E-state index in [-0.39, 0.29) is 56.0 Å². The van der Waals surface area contributed by atoms with Gasteiger partial charge >= 0.3 is 12.1 Å². The molecule has 1 unspecified atom stereocenters. The van der Waals surface area contributed by atoms with Crippen LogP contribution in [0, 0.1) is 11.7 Å². The highest BCUT2D eigenvalue weighted by Crippen LogP contribution is 2.37. The number of halogens is 1. The number of methoxy groups -OCH3 is 2. The van der Waals surface area contributed by atoms with Gasteiger partial charge in [-0.1, -0.05) is 26.0 Å². The van der Waals surface area contributed by atoms with Crippen LogP contribution in [0.25, 0.3) is 10.9 Å². The zero-order valence-corrected chi connectivity index (χ0v) is 30.1. The minimum Gasteiger partial charge on any atom is -0.497 e. The first-order valence-electron chi connectivity index (χ1n) is 17.0. The first kappa shape index (κ1) is 37.4. The van der Waals surface area contributed by atoms with Crippen LogP contribution in [0.4, 0.5) is 25.4 Å². The number of nitrogens with zero attached hydrogens (tertiary/aromatic N) is 5. The Morgan fingerprint density at radius 2 is 1.63 bits per heavy atom. The van der Waals surface area contributed by atoms with E-state index in [4.69, 9.17) is 19.2 Å². The minimum absolute atomic E-state index is 0.176. The van der Waals surface area contributed by atoms with Crippen molar-refractivity contribution in [1.82, 2.24) is 19.9 Å². The maximum Gasteiger partial charge on any atom is 0.407 e. The summed E-state index contributed by atoms with van der Waals surface area (Å²) in [5, 5.41) is 7.69. The number of carbonyl (C=O) groups is 3. The summed E-state index contributed by atoms with van der Waals surface area (Å²) in [6.45, 7) is 8.30. The van der Waals surface area contributed by atoms with Crippen molar-refractivity contribution >= 4 is 40.3 Å². The van der Waals surface area contributed by atoms with Crippen molar-refractivity contribution in [3.8, 4) is 11.5 Å². The number of fused-ring (bicyclic) bond motifs is 1. The van der Waals surface area contributed by atoms with Crippen LogP contribution >= 0.6 is 0 Å². The number of amides is 4. The normalized spacial score (nSPS) is 14.1. The molecule has 2 N–H and O–H groups in total. The lowest BCUT2D eigenvalue weighted by molar-refractivity contribution is -0.134. The fraction of sp³-hybridized carbons (Fsp3) is 0.378. The number of benzene rings is 3. The molecule has 2 heterocycles. The predicted molar refractivity (Wildman–Crippen MR) is 195 cm³/mol. The number of piperazine rings is 1. The first-order valence-corrected chi connectivity index (χ1v) is 17.0. The van der Waals surface area contributed by atoms with Crippen molar-refractivity contribution in [1.29, 1.82) is 0 Å². The average molecular weight is 718 g/mol. The molecule has 3 aromatic carbocycles. The maximum atomic E-state index is 14.4. The molecule has 1 aromatic heterocycles. The van der Waals surface area contributed by atoms with Crippen LogP contribution in [-0.4, -0.2) is 85.6 Å². The van der Waals surface area contributed by atoms with Gasteiger partial charge < -0.3 is 34.8 Å². The van der Waals surface area contributed by atoms with Crippen molar-refractivity contribution in [3.05, 3.63) is 88.7 Å². The monoisotopic (exact) mass is 717 g/mol. The van der Waals surface area contributed by atoms with Crippen molar-refractivity contribution in [3.63, 3.8) is 0 Å². The number of hydrogen-bond donors (Lipinski definition) is 2. The number of ether oxygens (including phenoxy) is 3. The third kappa shape index (κ3) is 8.03. The number of carbonyl (C=O) groups excluding carboxylic acids is 3. The lowest BCUT2D eigenvalue weighted by atomic mass is 10.0. The van der Waals surface area contributed by atoms with Gasteiger partial charge in [0.05, 0.1) is 56.5 Å². The van der Waals surface area contributed by atoms with E-state index in [1.165, 1.54) is 48.1 Å². The maximum absolute atomic E-state index is 14.4. The van der Waals surface area contributed by atoms with Gasteiger partial charge in [-0.3, -0.25) is 14.5 Å². The molecule has 4 aromatic rings. The molecule has 0 aliphatic carbocycles. The molecule has 5 rings (SSSR count). The average Bonchev–Trinajstić information content (AvgIpc) is 3.14. The van der Waals surface area contributed by atoms with Gasteiger partial charge in [-0.25, -0.2) is 23.6 Å². The third-order valence-electron chi connectivity index (χ3n) is 8.83. The van der Waals surface area contributed by atoms with E-state index < -0.39 is 30.0 Å². The number of anilines is 2. The highest BCUT2D eigenvalue weighted by molar-refractivity contribution is 6.03. The molecule has 0 saturated carbocycles. The van der Waals surface area contributed by atoms with E-state index >= 15 is 0 Å². The number of hydrogen-bond acceptors (Lipinski definition) is 9. The van der Waals surface area contributed by atoms with E-state index in [1.807, 2.05) is 18.9 Å². The molecule has 0 bridgehead atoms. The minimum atomic E-state index is -0.890. The van der Waals surface area contributed by atoms with Crippen LogP contribution in [0.2, 0.25) is 0 Å². The van der Waals surface area contributed by atoms with Gasteiger partial charge in [0.15, 0.2) is 5.82 Å². The molecule has 1 aliphatic heterocycles. The Balaban J connectivity index is 1.55. The first-order chi connectivity index (χ1) is 25.0. The van der Waals surface area contributed by atoms with Crippen molar-refractivity contribution in [2.75, 3.05) is 62.2 Å². The van der Waals surface area contributed by atoms with E-state index in [0.29, 0.717) is 33.8 Å². The van der Waals surface area contributed by atoms with Crippen LogP contribution in [0.15, 0.2) is 71.5 Å². The number of aromatic nitrogens is 2. The van der Waals surface area contributed by atoms with Crippen LogP contribution in [0.3, 0.4) is 0 Å². The van der Waals surface area contributed by atoms with E-state index in [1.54, 1.807) is 61.2 Å². The summed E-state index contributed by atoms with van der Waals surface area (Å²) in [5.41, 5.74) is 0.785. The molecule has 52 heavy (non-hydrogen) atoms. The van der Waals surface area contributed by atoms with Gasteiger partial charge in [0, 0.05) is 24.8 Å². The zero-order chi connectivity index (χ0) is 37.5. The smallest absolute Gasteiger partial charge is 0.407 e. The van der Waals surface area contributed by atoms with Crippen LogP contribution < -0.4 is 35.6 Å². The lowest BCUT2D eigenvalue weighted by Crippen LogP contribution is -2.60.